The van der Waals surface area contributed by atoms with Gasteiger partial charge in [0.05, 0.1) is 6.10 Å². The van der Waals surface area contributed by atoms with E-state index in [4.69, 9.17) is 28.9 Å². The molecular formula is C9H9Cl2NO. The fourth-order valence-corrected chi connectivity index (χ4v) is 2.37. The normalized spacial score (nSPS) is 26.2. The van der Waals surface area contributed by atoms with E-state index in [0.29, 0.717) is 16.5 Å². The molecule has 0 saturated heterocycles. The van der Waals surface area contributed by atoms with E-state index in [0.717, 1.165) is 11.1 Å². The summed E-state index contributed by atoms with van der Waals surface area (Å²) in [7, 11) is 0. The van der Waals surface area contributed by atoms with Crippen LogP contribution < -0.4 is 5.73 Å². The molecule has 0 radical (unpaired) electrons. The van der Waals surface area contributed by atoms with E-state index in [-0.39, 0.29) is 6.04 Å². The average Bonchev–Trinajstić information content (AvgIpc) is 2.27. The van der Waals surface area contributed by atoms with Crippen molar-refractivity contribution in [2.75, 3.05) is 0 Å². The lowest BCUT2D eigenvalue weighted by Crippen LogP contribution is -2.24. The van der Waals surface area contributed by atoms with Gasteiger partial charge in [0.2, 0.25) is 0 Å². The molecule has 2 nitrogen and oxygen atoms in total. The van der Waals surface area contributed by atoms with Gasteiger partial charge in [0.25, 0.3) is 0 Å². The number of rotatable bonds is 0. The lowest BCUT2D eigenvalue weighted by atomic mass is 10.1. The van der Waals surface area contributed by atoms with Crippen molar-refractivity contribution in [2.24, 2.45) is 5.73 Å². The standard InChI is InChI=1S/C9H9Cl2NO/c10-5-1-4-2-7(12)9(13)8(4)6(11)3-5/h1,3,7,9,13H,2,12H2. The molecule has 0 amide bonds. The van der Waals surface area contributed by atoms with Crippen LogP contribution in [0.1, 0.15) is 17.2 Å². The molecule has 0 bridgehead atoms. The zero-order chi connectivity index (χ0) is 9.59. The van der Waals surface area contributed by atoms with Crippen LogP contribution in [0.4, 0.5) is 0 Å². The molecule has 1 aromatic carbocycles. The lowest BCUT2D eigenvalue weighted by molar-refractivity contribution is 0.159. The molecule has 1 aliphatic rings. The zero-order valence-corrected chi connectivity index (χ0v) is 8.31. The summed E-state index contributed by atoms with van der Waals surface area (Å²) in [5.41, 5.74) is 7.39. The Bertz CT molecular complexity index is 354. The van der Waals surface area contributed by atoms with E-state index < -0.39 is 6.10 Å². The molecule has 0 saturated carbocycles. The van der Waals surface area contributed by atoms with Crippen LogP contribution in [0.3, 0.4) is 0 Å². The van der Waals surface area contributed by atoms with Crippen molar-refractivity contribution in [1.29, 1.82) is 0 Å². The lowest BCUT2D eigenvalue weighted by Gasteiger charge is -2.09. The van der Waals surface area contributed by atoms with Gasteiger partial charge in [-0.1, -0.05) is 23.2 Å². The minimum Gasteiger partial charge on any atom is -0.387 e. The number of benzene rings is 1. The second kappa shape index (κ2) is 3.14. The third-order valence-corrected chi connectivity index (χ3v) is 2.87. The summed E-state index contributed by atoms with van der Waals surface area (Å²) >= 11 is 11.8. The highest BCUT2D eigenvalue weighted by atomic mass is 35.5. The molecule has 1 aliphatic carbocycles. The molecule has 3 N–H and O–H groups in total. The zero-order valence-electron chi connectivity index (χ0n) is 6.80. The molecule has 70 valence electrons. The predicted molar refractivity (Wildman–Crippen MR) is 53.1 cm³/mol. The SMILES string of the molecule is NC1Cc2cc(Cl)cc(Cl)c2C1O. The van der Waals surface area contributed by atoms with Crippen LogP contribution in [-0.4, -0.2) is 11.1 Å². The number of aliphatic hydroxyl groups excluding tert-OH is 1. The molecule has 2 atom stereocenters. The highest BCUT2D eigenvalue weighted by Crippen LogP contribution is 2.37. The second-order valence-electron chi connectivity index (χ2n) is 3.27. The Morgan fingerprint density at radius 3 is 2.77 bits per heavy atom. The monoisotopic (exact) mass is 217 g/mol. The Labute approximate surface area is 86.3 Å². The highest BCUT2D eigenvalue weighted by Gasteiger charge is 2.30. The molecule has 2 unspecified atom stereocenters. The molecule has 0 fully saturated rings. The van der Waals surface area contributed by atoms with E-state index in [1.807, 2.05) is 0 Å². The molecule has 4 heteroatoms. The number of nitrogens with two attached hydrogens (primary N) is 1. The minimum absolute atomic E-state index is 0.258. The summed E-state index contributed by atoms with van der Waals surface area (Å²) < 4.78 is 0. The maximum atomic E-state index is 9.67. The molecular weight excluding hydrogens is 209 g/mol. The quantitative estimate of drug-likeness (QED) is 0.698. The first-order chi connectivity index (χ1) is 6.09. The smallest absolute Gasteiger partial charge is 0.0961 e. The van der Waals surface area contributed by atoms with Crippen LogP contribution in [-0.2, 0) is 6.42 Å². The van der Waals surface area contributed by atoms with Gasteiger partial charge in [0.15, 0.2) is 0 Å². The number of fused-ring (bicyclic) bond motifs is 1. The molecule has 0 spiro atoms. The summed E-state index contributed by atoms with van der Waals surface area (Å²) in [4.78, 5) is 0. The summed E-state index contributed by atoms with van der Waals surface area (Å²) in [6.07, 6.45) is -0.0173. The van der Waals surface area contributed by atoms with Crippen LogP contribution in [0.25, 0.3) is 0 Å². The third-order valence-electron chi connectivity index (χ3n) is 2.34. The van der Waals surface area contributed by atoms with Gasteiger partial charge in [-0.2, -0.15) is 0 Å². The van der Waals surface area contributed by atoms with Crippen LogP contribution in [0, 0.1) is 0 Å². The van der Waals surface area contributed by atoms with Gasteiger partial charge in [-0.05, 0) is 24.1 Å². The van der Waals surface area contributed by atoms with Crippen molar-refractivity contribution >= 4 is 23.2 Å². The van der Waals surface area contributed by atoms with E-state index in [2.05, 4.69) is 0 Å². The fourth-order valence-electron chi connectivity index (χ4n) is 1.72. The van der Waals surface area contributed by atoms with Gasteiger partial charge in [-0.15, -0.1) is 0 Å². The van der Waals surface area contributed by atoms with E-state index in [1.54, 1.807) is 12.1 Å². The van der Waals surface area contributed by atoms with Crippen molar-refractivity contribution in [2.45, 2.75) is 18.6 Å². The number of hydrogen-bond donors (Lipinski definition) is 2. The maximum absolute atomic E-state index is 9.67. The van der Waals surface area contributed by atoms with Gasteiger partial charge < -0.3 is 10.8 Å². The van der Waals surface area contributed by atoms with E-state index >= 15 is 0 Å². The summed E-state index contributed by atoms with van der Waals surface area (Å²) in [5.74, 6) is 0. The summed E-state index contributed by atoms with van der Waals surface area (Å²) in [5, 5.41) is 10.8. The van der Waals surface area contributed by atoms with Crippen molar-refractivity contribution in [3.8, 4) is 0 Å². The van der Waals surface area contributed by atoms with Crippen LogP contribution in [0.5, 0.6) is 0 Å². The van der Waals surface area contributed by atoms with Crippen LogP contribution in [0.15, 0.2) is 12.1 Å². The van der Waals surface area contributed by atoms with Crippen LogP contribution >= 0.6 is 23.2 Å². The van der Waals surface area contributed by atoms with Crippen molar-refractivity contribution in [3.05, 3.63) is 33.3 Å². The molecule has 0 aromatic heterocycles. The minimum atomic E-state index is -0.653. The molecule has 0 heterocycles. The Morgan fingerprint density at radius 2 is 2.08 bits per heavy atom. The van der Waals surface area contributed by atoms with E-state index in [9.17, 15) is 5.11 Å². The molecule has 0 aliphatic heterocycles. The topological polar surface area (TPSA) is 46.2 Å². The van der Waals surface area contributed by atoms with Gasteiger partial charge in [-0.3, -0.25) is 0 Å². The highest BCUT2D eigenvalue weighted by molar-refractivity contribution is 6.35. The Kier molecular flexibility index (Phi) is 2.24. The maximum Gasteiger partial charge on any atom is 0.0961 e. The Hall–Kier alpha value is -0.280. The average molecular weight is 218 g/mol. The number of aliphatic hydroxyl groups is 1. The van der Waals surface area contributed by atoms with Gasteiger partial charge in [0.1, 0.15) is 0 Å². The third kappa shape index (κ3) is 1.44. The number of hydrogen-bond acceptors (Lipinski definition) is 2. The first kappa shape index (κ1) is 9.28. The summed E-state index contributed by atoms with van der Waals surface area (Å²) in [6.45, 7) is 0. The molecule has 13 heavy (non-hydrogen) atoms. The fraction of sp³-hybridized carbons (Fsp3) is 0.333. The van der Waals surface area contributed by atoms with E-state index in [1.165, 1.54) is 0 Å². The van der Waals surface area contributed by atoms with Gasteiger partial charge >= 0.3 is 0 Å². The Balaban J connectivity index is 2.57. The van der Waals surface area contributed by atoms with Crippen molar-refractivity contribution < 1.29 is 5.11 Å². The molecule has 1 aromatic rings. The molecule has 2 rings (SSSR count). The second-order valence-corrected chi connectivity index (χ2v) is 4.12. The predicted octanol–water partition coefficient (Wildman–Crippen LogP) is 1.91. The van der Waals surface area contributed by atoms with Gasteiger partial charge in [-0.25, -0.2) is 0 Å². The first-order valence-corrected chi connectivity index (χ1v) is 4.76. The number of halogens is 2. The Morgan fingerprint density at radius 1 is 1.38 bits per heavy atom. The summed E-state index contributed by atoms with van der Waals surface area (Å²) in [6, 6.07) is 3.17. The van der Waals surface area contributed by atoms with Gasteiger partial charge in [0, 0.05) is 21.7 Å². The van der Waals surface area contributed by atoms with Crippen molar-refractivity contribution in [3.63, 3.8) is 0 Å². The van der Waals surface area contributed by atoms with Crippen LogP contribution in [0.2, 0.25) is 10.0 Å². The largest absolute Gasteiger partial charge is 0.387 e. The van der Waals surface area contributed by atoms with Crippen molar-refractivity contribution in [1.82, 2.24) is 0 Å². The first-order valence-electron chi connectivity index (χ1n) is 4.01.